The Kier molecular flexibility index (Phi) is 4.40. The standard InChI is InChI=1S/C15H21FN2O2/c1-17-9-7-15(20,8-10-17)11-18(2)14(19)12-5-3-4-6-13(12)16/h3-6,20H,7-11H2,1-2H3. The van der Waals surface area contributed by atoms with E-state index in [0.29, 0.717) is 12.8 Å². The van der Waals surface area contributed by atoms with Crippen molar-refractivity contribution in [3.05, 3.63) is 35.6 Å². The second-order valence-corrected chi connectivity index (χ2v) is 5.67. The average Bonchev–Trinajstić information content (AvgIpc) is 2.42. The second-order valence-electron chi connectivity index (χ2n) is 5.67. The summed E-state index contributed by atoms with van der Waals surface area (Å²) in [5.74, 6) is -0.921. The number of rotatable bonds is 3. The topological polar surface area (TPSA) is 43.8 Å². The molecule has 2 rings (SSSR count). The van der Waals surface area contributed by atoms with Gasteiger partial charge in [0.1, 0.15) is 5.82 Å². The number of likely N-dealkylation sites (N-methyl/N-ethyl adjacent to an activating group) is 1. The maximum atomic E-state index is 13.6. The van der Waals surface area contributed by atoms with Crippen LogP contribution in [0.25, 0.3) is 0 Å². The molecule has 0 aromatic heterocycles. The van der Waals surface area contributed by atoms with Gasteiger partial charge in [0.25, 0.3) is 5.91 Å². The van der Waals surface area contributed by atoms with E-state index in [0.717, 1.165) is 13.1 Å². The molecule has 1 amide bonds. The molecule has 4 nitrogen and oxygen atoms in total. The maximum absolute atomic E-state index is 13.6. The minimum absolute atomic E-state index is 0.0477. The first-order valence-corrected chi connectivity index (χ1v) is 6.82. The van der Waals surface area contributed by atoms with E-state index in [1.165, 1.54) is 17.0 Å². The largest absolute Gasteiger partial charge is 0.388 e. The van der Waals surface area contributed by atoms with E-state index in [1.54, 1.807) is 19.2 Å². The van der Waals surface area contributed by atoms with Crippen molar-refractivity contribution in [3.63, 3.8) is 0 Å². The lowest BCUT2D eigenvalue weighted by Crippen LogP contribution is -2.50. The van der Waals surface area contributed by atoms with Crippen LogP contribution < -0.4 is 0 Å². The van der Waals surface area contributed by atoms with Crippen molar-refractivity contribution in [1.82, 2.24) is 9.80 Å². The molecule has 1 aromatic rings. The summed E-state index contributed by atoms with van der Waals surface area (Å²) in [4.78, 5) is 15.8. The molecule has 5 heteroatoms. The van der Waals surface area contributed by atoms with Gasteiger partial charge in [0.05, 0.1) is 11.2 Å². The molecule has 110 valence electrons. The van der Waals surface area contributed by atoms with Gasteiger partial charge in [-0.05, 0) is 32.0 Å². The lowest BCUT2D eigenvalue weighted by atomic mass is 9.91. The third-order valence-electron chi connectivity index (χ3n) is 3.90. The molecule has 0 unspecified atom stereocenters. The number of hydrogen-bond acceptors (Lipinski definition) is 3. The average molecular weight is 280 g/mol. The smallest absolute Gasteiger partial charge is 0.256 e. The monoisotopic (exact) mass is 280 g/mol. The molecule has 0 atom stereocenters. The van der Waals surface area contributed by atoms with Gasteiger partial charge in [-0.25, -0.2) is 4.39 Å². The van der Waals surface area contributed by atoms with E-state index < -0.39 is 17.3 Å². The highest BCUT2D eigenvalue weighted by molar-refractivity contribution is 5.94. The zero-order chi connectivity index (χ0) is 14.8. The van der Waals surface area contributed by atoms with E-state index in [4.69, 9.17) is 0 Å². The molecular weight excluding hydrogens is 259 g/mol. The van der Waals surface area contributed by atoms with Crippen LogP contribution in [-0.2, 0) is 0 Å². The number of hydrogen-bond donors (Lipinski definition) is 1. The molecule has 1 saturated heterocycles. The Morgan fingerprint density at radius 3 is 2.60 bits per heavy atom. The number of aliphatic hydroxyl groups is 1. The van der Waals surface area contributed by atoms with E-state index in [1.807, 2.05) is 7.05 Å². The fourth-order valence-electron chi connectivity index (χ4n) is 2.55. The summed E-state index contributed by atoms with van der Waals surface area (Å²) in [5, 5.41) is 10.5. The lowest BCUT2D eigenvalue weighted by Gasteiger charge is -2.38. The number of likely N-dealkylation sites (tertiary alicyclic amines) is 1. The van der Waals surface area contributed by atoms with Crippen molar-refractivity contribution in [2.45, 2.75) is 18.4 Å². The summed E-state index contributed by atoms with van der Waals surface area (Å²) in [6.45, 7) is 1.84. The van der Waals surface area contributed by atoms with Gasteiger partial charge in [-0.2, -0.15) is 0 Å². The summed E-state index contributed by atoms with van der Waals surface area (Å²) < 4.78 is 13.6. The van der Waals surface area contributed by atoms with Crippen LogP contribution in [0.2, 0.25) is 0 Å². The Balaban J connectivity index is 2.03. The maximum Gasteiger partial charge on any atom is 0.256 e. The minimum Gasteiger partial charge on any atom is -0.388 e. The van der Waals surface area contributed by atoms with Crippen molar-refractivity contribution in [2.75, 3.05) is 33.7 Å². The third-order valence-corrected chi connectivity index (χ3v) is 3.90. The van der Waals surface area contributed by atoms with E-state index in [9.17, 15) is 14.3 Å². The van der Waals surface area contributed by atoms with Crippen LogP contribution in [0.4, 0.5) is 4.39 Å². The molecule has 0 aliphatic carbocycles. The van der Waals surface area contributed by atoms with Gasteiger partial charge in [0.15, 0.2) is 0 Å². The van der Waals surface area contributed by atoms with Crippen LogP contribution >= 0.6 is 0 Å². The molecule has 0 bridgehead atoms. The molecule has 0 spiro atoms. The van der Waals surface area contributed by atoms with Crippen LogP contribution in [0.15, 0.2) is 24.3 Å². The molecule has 1 aliphatic rings. The van der Waals surface area contributed by atoms with Crippen molar-refractivity contribution in [2.24, 2.45) is 0 Å². The lowest BCUT2D eigenvalue weighted by molar-refractivity contribution is -0.0330. The normalized spacial score (nSPS) is 18.8. The van der Waals surface area contributed by atoms with Gasteiger partial charge in [0.2, 0.25) is 0 Å². The summed E-state index contributed by atoms with van der Waals surface area (Å²) in [7, 11) is 3.61. The van der Waals surface area contributed by atoms with E-state index >= 15 is 0 Å². The van der Waals surface area contributed by atoms with Crippen LogP contribution in [-0.4, -0.2) is 60.1 Å². The van der Waals surface area contributed by atoms with Gasteiger partial charge in [-0.15, -0.1) is 0 Å². The van der Waals surface area contributed by atoms with Gasteiger partial charge in [0, 0.05) is 26.7 Å². The van der Waals surface area contributed by atoms with Gasteiger partial charge in [-0.1, -0.05) is 12.1 Å². The van der Waals surface area contributed by atoms with E-state index in [2.05, 4.69) is 4.90 Å². The molecular formula is C15H21FN2O2. The van der Waals surface area contributed by atoms with Gasteiger partial charge < -0.3 is 14.9 Å². The molecule has 1 heterocycles. The minimum atomic E-state index is -0.873. The molecule has 0 saturated carbocycles. The zero-order valence-electron chi connectivity index (χ0n) is 12.0. The molecule has 1 aromatic carbocycles. The highest BCUT2D eigenvalue weighted by Gasteiger charge is 2.33. The van der Waals surface area contributed by atoms with Crippen molar-refractivity contribution in [1.29, 1.82) is 0 Å². The number of piperidine rings is 1. The first kappa shape index (κ1) is 14.9. The SMILES string of the molecule is CN1CCC(O)(CN(C)C(=O)c2ccccc2F)CC1. The second kappa shape index (κ2) is 5.89. The van der Waals surface area contributed by atoms with Gasteiger partial charge >= 0.3 is 0 Å². The van der Waals surface area contributed by atoms with Crippen LogP contribution in [0, 0.1) is 5.82 Å². The molecule has 20 heavy (non-hydrogen) atoms. The molecule has 1 aliphatic heterocycles. The Bertz CT molecular complexity index is 485. The highest BCUT2D eigenvalue weighted by Crippen LogP contribution is 2.23. The Morgan fingerprint density at radius 1 is 1.40 bits per heavy atom. The predicted molar refractivity (Wildman–Crippen MR) is 75.0 cm³/mol. The van der Waals surface area contributed by atoms with Crippen molar-refractivity contribution < 1.29 is 14.3 Å². The fraction of sp³-hybridized carbons (Fsp3) is 0.533. The molecule has 1 N–H and O–H groups in total. The Hall–Kier alpha value is -1.46. The number of halogens is 1. The van der Waals surface area contributed by atoms with Crippen molar-refractivity contribution >= 4 is 5.91 Å². The molecule has 1 fully saturated rings. The van der Waals surface area contributed by atoms with E-state index in [-0.39, 0.29) is 12.1 Å². The summed E-state index contributed by atoms with van der Waals surface area (Å²) >= 11 is 0. The number of carbonyl (C=O) groups excluding carboxylic acids is 1. The summed E-state index contributed by atoms with van der Waals surface area (Å²) in [6, 6.07) is 5.92. The fourth-order valence-corrected chi connectivity index (χ4v) is 2.55. The molecule has 0 radical (unpaired) electrons. The van der Waals surface area contributed by atoms with Gasteiger partial charge in [-0.3, -0.25) is 4.79 Å². The summed E-state index contributed by atoms with van der Waals surface area (Å²) in [5.41, 5.74) is -0.825. The predicted octanol–water partition coefficient (Wildman–Crippen LogP) is 1.35. The van der Waals surface area contributed by atoms with Crippen LogP contribution in [0.5, 0.6) is 0 Å². The number of amides is 1. The first-order chi connectivity index (χ1) is 9.41. The Labute approximate surface area is 118 Å². The summed E-state index contributed by atoms with van der Waals surface area (Å²) in [6.07, 6.45) is 1.25. The van der Waals surface area contributed by atoms with Crippen LogP contribution in [0.1, 0.15) is 23.2 Å². The number of carbonyl (C=O) groups is 1. The first-order valence-electron chi connectivity index (χ1n) is 6.82. The Morgan fingerprint density at radius 2 is 2.00 bits per heavy atom. The van der Waals surface area contributed by atoms with Crippen molar-refractivity contribution in [3.8, 4) is 0 Å². The third kappa shape index (κ3) is 3.35. The zero-order valence-corrected chi connectivity index (χ0v) is 12.0. The van der Waals surface area contributed by atoms with Crippen LogP contribution in [0.3, 0.4) is 0 Å². The number of benzene rings is 1. The number of nitrogens with zero attached hydrogens (tertiary/aromatic N) is 2. The quantitative estimate of drug-likeness (QED) is 0.909. The highest BCUT2D eigenvalue weighted by atomic mass is 19.1.